The van der Waals surface area contributed by atoms with Crippen molar-refractivity contribution < 1.29 is 24.5 Å². The molecular formula is C13H16N2O5. The zero-order valence-electron chi connectivity index (χ0n) is 10.9. The van der Waals surface area contributed by atoms with Crippen molar-refractivity contribution in [2.24, 2.45) is 0 Å². The summed E-state index contributed by atoms with van der Waals surface area (Å²) in [7, 11) is 1.51. The molecule has 1 aliphatic heterocycles. The molecule has 1 aromatic rings. The first-order valence-electron chi connectivity index (χ1n) is 6.14. The summed E-state index contributed by atoms with van der Waals surface area (Å²) in [5.74, 6) is -0.540. The van der Waals surface area contributed by atoms with Gasteiger partial charge in [-0.05, 0) is 12.1 Å². The number of anilines is 1. The number of likely N-dealkylation sites (tertiary alicyclic amines) is 1. The molecule has 7 nitrogen and oxygen atoms in total. The summed E-state index contributed by atoms with van der Waals surface area (Å²) in [4.78, 5) is 24.3. The number of ether oxygens (including phenoxy) is 1. The van der Waals surface area contributed by atoms with E-state index in [-0.39, 0.29) is 13.0 Å². The minimum Gasteiger partial charge on any atom is -0.497 e. The minimum atomic E-state index is -1.12. The van der Waals surface area contributed by atoms with Crippen molar-refractivity contribution in [3.05, 3.63) is 24.3 Å². The molecule has 0 saturated carbocycles. The standard InChI is InChI=1S/C13H16N2O5/c1-20-10-4-2-3-8(5-10)14-13(19)15-7-9(16)6-11(15)12(17)18/h2-5,9,11,16H,6-7H2,1H3,(H,14,19)(H,17,18)/t9-,11-/m1/s1. The summed E-state index contributed by atoms with van der Waals surface area (Å²) in [6.45, 7) is 0.00671. The zero-order chi connectivity index (χ0) is 14.7. The predicted molar refractivity (Wildman–Crippen MR) is 70.8 cm³/mol. The Morgan fingerprint density at radius 2 is 2.20 bits per heavy atom. The lowest BCUT2D eigenvalue weighted by Gasteiger charge is -2.21. The summed E-state index contributed by atoms with van der Waals surface area (Å²) >= 11 is 0. The number of β-amino-alcohol motifs (C(OH)–C–C–N with tert-alkyl or cyclic N) is 1. The number of aliphatic hydroxyl groups excluding tert-OH is 1. The second-order valence-corrected chi connectivity index (χ2v) is 4.56. The SMILES string of the molecule is COc1cccc(NC(=O)N2C[C@H](O)C[C@@H]2C(=O)O)c1. The quantitative estimate of drug-likeness (QED) is 0.758. The van der Waals surface area contributed by atoms with E-state index in [9.17, 15) is 14.7 Å². The molecule has 20 heavy (non-hydrogen) atoms. The van der Waals surface area contributed by atoms with Crippen LogP contribution in [-0.2, 0) is 4.79 Å². The van der Waals surface area contributed by atoms with Crippen molar-refractivity contribution in [3.63, 3.8) is 0 Å². The first-order chi connectivity index (χ1) is 9.51. The highest BCUT2D eigenvalue weighted by Gasteiger charge is 2.38. The number of nitrogens with one attached hydrogen (secondary N) is 1. The molecule has 0 bridgehead atoms. The number of benzene rings is 1. The van der Waals surface area contributed by atoms with Gasteiger partial charge in [0, 0.05) is 24.7 Å². The van der Waals surface area contributed by atoms with E-state index in [4.69, 9.17) is 9.84 Å². The van der Waals surface area contributed by atoms with Crippen LogP contribution >= 0.6 is 0 Å². The molecule has 2 amide bonds. The number of carbonyl (C=O) groups is 2. The van der Waals surface area contributed by atoms with Gasteiger partial charge in [0.2, 0.25) is 0 Å². The topological polar surface area (TPSA) is 99.1 Å². The molecule has 1 aliphatic rings. The molecule has 0 spiro atoms. The molecule has 0 aliphatic carbocycles. The van der Waals surface area contributed by atoms with Crippen molar-refractivity contribution in [3.8, 4) is 5.75 Å². The molecular weight excluding hydrogens is 264 g/mol. The van der Waals surface area contributed by atoms with E-state index in [0.29, 0.717) is 11.4 Å². The lowest BCUT2D eigenvalue weighted by Crippen LogP contribution is -2.43. The molecule has 0 unspecified atom stereocenters. The highest BCUT2D eigenvalue weighted by Crippen LogP contribution is 2.21. The van der Waals surface area contributed by atoms with Crippen LogP contribution in [0.25, 0.3) is 0 Å². The number of carbonyl (C=O) groups excluding carboxylic acids is 1. The normalized spacial score (nSPS) is 21.6. The number of carboxylic acid groups (broad SMARTS) is 1. The van der Waals surface area contributed by atoms with Crippen LogP contribution in [0.15, 0.2) is 24.3 Å². The fraction of sp³-hybridized carbons (Fsp3) is 0.385. The van der Waals surface area contributed by atoms with Crippen LogP contribution < -0.4 is 10.1 Å². The maximum Gasteiger partial charge on any atom is 0.326 e. The molecule has 7 heteroatoms. The van der Waals surface area contributed by atoms with E-state index < -0.39 is 24.1 Å². The van der Waals surface area contributed by atoms with Gasteiger partial charge in [-0.1, -0.05) is 6.07 Å². The van der Waals surface area contributed by atoms with E-state index in [0.717, 1.165) is 4.90 Å². The average molecular weight is 280 g/mol. The van der Waals surface area contributed by atoms with Crippen LogP contribution in [0, 0.1) is 0 Å². The van der Waals surface area contributed by atoms with Gasteiger partial charge in [-0.15, -0.1) is 0 Å². The van der Waals surface area contributed by atoms with E-state index in [2.05, 4.69) is 5.32 Å². The molecule has 108 valence electrons. The van der Waals surface area contributed by atoms with Crippen LogP contribution in [0.2, 0.25) is 0 Å². The van der Waals surface area contributed by atoms with Crippen molar-refractivity contribution in [1.82, 2.24) is 4.90 Å². The van der Waals surface area contributed by atoms with Gasteiger partial charge in [0.15, 0.2) is 0 Å². The molecule has 0 radical (unpaired) electrons. The van der Waals surface area contributed by atoms with Crippen molar-refractivity contribution >= 4 is 17.7 Å². The number of rotatable bonds is 3. The smallest absolute Gasteiger partial charge is 0.326 e. The highest BCUT2D eigenvalue weighted by atomic mass is 16.5. The monoisotopic (exact) mass is 280 g/mol. The maximum absolute atomic E-state index is 12.1. The maximum atomic E-state index is 12.1. The van der Waals surface area contributed by atoms with Crippen LogP contribution in [0.5, 0.6) is 5.75 Å². The number of amides is 2. The van der Waals surface area contributed by atoms with Crippen LogP contribution in [-0.4, -0.2) is 52.9 Å². The van der Waals surface area contributed by atoms with Crippen LogP contribution in [0.1, 0.15) is 6.42 Å². The zero-order valence-corrected chi connectivity index (χ0v) is 10.9. The number of hydrogen-bond acceptors (Lipinski definition) is 4. The van der Waals surface area contributed by atoms with Crippen molar-refractivity contribution in [2.45, 2.75) is 18.6 Å². The average Bonchev–Trinajstić information content (AvgIpc) is 2.81. The van der Waals surface area contributed by atoms with Gasteiger partial charge in [-0.2, -0.15) is 0 Å². The second kappa shape index (κ2) is 5.79. The lowest BCUT2D eigenvalue weighted by atomic mass is 10.2. The van der Waals surface area contributed by atoms with Crippen molar-refractivity contribution in [1.29, 1.82) is 0 Å². The van der Waals surface area contributed by atoms with Gasteiger partial charge in [-0.25, -0.2) is 9.59 Å². The van der Waals surface area contributed by atoms with Crippen LogP contribution in [0.3, 0.4) is 0 Å². The Hall–Kier alpha value is -2.28. The van der Waals surface area contributed by atoms with Gasteiger partial charge in [0.05, 0.1) is 13.2 Å². The second-order valence-electron chi connectivity index (χ2n) is 4.56. The lowest BCUT2D eigenvalue weighted by molar-refractivity contribution is -0.141. The van der Waals surface area contributed by atoms with E-state index in [1.807, 2.05) is 0 Å². The minimum absolute atomic E-state index is 0.00671. The summed E-state index contributed by atoms with van der Waals surface area (Å²) in [5.41, 5.74) is 0.500. The fourth-order valence-electron chi connectivity index (χ4n) is 2.17. The predicted octanol–water partition coefficient (Wildman–Crippen LogP) is 0.747. The molecule has 1 aromatic carbocycles. The Balaban J connectivity index is 2.09. The Bertz CT molecular complexity index is 519. The summed E-state index contributed by atoms with van der Waals surface area (Å²) in [5, 5.41) is 21.2. The summed E-state index contributed by atoms with van der Waals surface area (Å²) < 4.78 is 5.04. The van der Waals surface area contributed by atoms with Gasteiger partial charge in [0.25, 0.3) is 0 Å². The van der Waals surface area contributed by atoms with Crippen LogP contribution in [0.4, 0.5) is 10.5 Å². The number of methoxy groups -OCH3 is 1. The molecule has 0 aromatic heterocycles. The molecule has 1 fully saturated rings. The van der Waals surface area contributed by atoms with Gasteiger partial charge in [0.1, 0.15) is 11.8 Å². The number of aliphatic hydroxyl groups is 1. The Kier molecular flexibility index (Phi) is 4.09. The Morgan fingerprint density at radius 1 is 1.45 bits per heavy atom. The summed E-state index contributed by atoms with van der Waals surface area (Å²) in [6.07, 6.45) is -0.770. The van der Waals surface area contributed by atoms with E-state index in [1.165, 1.54) is 7.11 Å². The number of carboxylic acids is 1. The molecule has 2 atom stereocenters. The molecule has 1 heterocycles. The molecule has 3 N–H and O–H groups in total. The van der Waals surface area contributed by atoms with E-state index in [1.54, 1.807) is 24.3 Å². The van der Waals surface area contributed by atoms with Gasteiger partial charge < -0.3 is 25.2 Å². The number of aliphatic carboxylic acids is 1. The molecule has 2 rings (SSSR count). The largest absolute Gasteiger partial charge is 0.497 e. The van der Waals surface area contributed by atoms with Gasteiger partial charge in [-0.3, -0.25) is 0 Å². The third-order valence-corrected chi connectivity index (χ3v) is 3.15. The van der Waals surface area contributed by atoms with Crippen molar-refractivity contribution in [2.75, 3.05) is 19.0 Å². The number of nitrogens with zero attached hydrogens (tertiary/aromatic N) is 1. The fourth-order valence-corrected chi connectivity index (χ4v) is 2.17. The number of urea groups is 1. The third kappa shape index (κ3) is 3.00. The molecule has 1 saturated heterocycles. The van der Waals surface area contributed by atoms with Gasteiger partial charge >= 0.3 is 12.0 Å². The first-order valence-corrected chi connectivity index (χ1v) is 6.14. The third-order valence-electron chi connectivity index (χ3n) is 3.15. The Labute approximate surface area is 115 Å². The van der Waals surface area contributed by atoms with E-state index >= 15 is 0 Å². The Morgan fingerprint density at radius 3 is 2.85 bits per heavy atom. The summed E-state index contributed by atoms with van der Waals surface area (Å²) in [6, 6.07) is 5.18. The first kappa shape index (κ1) is 14.1. The number of hydrogen-bond donors (Lipinski definition) is 3. The highest BCUT2D eigenvalue weighted by molar-refractivity contribution is 5.93.